The highest BCUT2D eigenvalue weighted by Gasteiger charge is 2.24. The number of aryl methyl sites for hydroxylation is 1. The van der Waals surface area contributed by atoms with Crippen LogP contribution in [0, 0.1) is 18.6 Å². The number of aromatic nitrogens is 1. The van der Waals surface area contributed by atoms with E-state index in [1.165, 1.54) is 6.07 Å². The molecule has 0 unspecified atom stereocenters. The maximum absolute atomic E-state index is 13.2. The topological polar surface area (TPSA) is 36.4 Å². The molecule has 116 valence electrons. The fraction of sp³-hybridized carbons (Fsp3) is 0.333. The highest BCUT2D eigenvalue weighted by molar-refractivity contribution is 7.13. The van der Waals surface area contributed by atoms with Crippen molar-refractivity contribution in [1.29, 1.82) is 0 Å². The Morgan fingerprint density at radius 1 is 1.18 bits per heavy atom. The van der Waals surface area contributed by atoms with E-state index in [0.29, 0.717) is 26.2 Å². The predicted molar refractivity (Wildman–Crippen MR) is 81.3 cm³/mol. The summed E-state index contributed by atoms with van der Waals surface area (Å²) in [5.74, 6) is -2.21. The van der Waals surface area contributed by atoms with Crippen LogP contribution in [-0.4, -0.2) is 42.0 Å². The van der Waals surface area contributed by atoms with Gasteiger partial charge in [0.25, 0.3) is 5.91 Å². The Labute approximate surface area is 131 Å². The lowest BCUT2D eigenvalue weighted by Gasteiger charge is -2.34. The Bertz CT molecular complexity index is 696. The summed E-state index contributed by atoms with van der Waals surface area (Å²) >= 11 is 1.59. The first-order chi connectivity index (χ1) is 10.5. The minimum atomic E-state index is -0.997. The summed E-state index contributed by atoms with van der Waals surface area (Å²) in [5.41, 5.74) is 1.16. The highest BCUT2D eigenvalue weighted by atomic mass is 32.1. The number of carbonyl (C=O) groups is 1. The number of hydrogen-bond acceptors (Lipinski definition) is 4. The standard InChI is InChI=1S/C15H15F2N3OS/c1-10-9-22-15(18-10)20-6-4-19(5-7-20)14(21)11-2-3-12(16)13(17)8-11/h2-3,8-9H,4-7H2,1H3. The number of amides is 1. The van der Waals surface area contributed by atoms with Gasteiger partial charge in [0.05, 0.1) is 5.69 Å². The van der Waals surface area contributed by atoms with Crippen LogP contribution >= 0.6 is 11.3 Å². The Morgan fingerprint density at radius 2 is 1.91 bits per heavy atom. The van der Waals surface area contributed by atoms with E-state index in [9.17, 15) is 13.6 Å². The van der Waals surface area contributed by atoms with Crippen molar-refractivity contribution in [1.82, 2.24) is 9.88 Å². The minimum absolute atomic E-state index is 0.178. The van der Waals surface area contributed by atoms with Gasteiger partial charge in [0, 0.05) is 37.1 Å². The van der Waals surface area contributed by atoms with Crippen LogP contribution in [0.2, 0.25) is 0 Å². The van der Waals surface area contributed by atoms with Gasteiger partial charge in [-0.25, -0.2) is 13.8 Å². The Balaban J connectivity index is 1.65. The van der Waals surface area contributed by atoms with Gasteiger partial charge in [-0.15, -0.1) is 11.3 Å². The van der Waals surface area contributed by atoms with E-state index < -0.39 is 11.6 Å². The van der Waals surface area contributed by atoms with E-state index in [1.54, 1.807) is 16.2 Å². The zero-order valence-corrected chi connectivity index (χ0v) is 12.9. The van der Waals surface area contributed by atoms with Crippen LogP contribution in [0.1, 0.15) is 16.1 Å². The molecule has 1 aromatic heterocycles. The maximum atomic E-state index is 13.2. The molecule has 1 aliphatic heterocycles. The van der Waals surface area contributed by atoms with Crippen molar-refractivity contribution in [2.75, 3.05) is 31.1 Å². The van der Waals surface area contributed by atoms with E-state index in [-0.39, 0.29) is 11.5 Å². The molecule has 1 amide bonds. The van der Waals surface area contributed by atoms with Crippen LogP contribution in [0.3, 0.4) is 0 Å². The molecule has 0 aliphatic carbocycles. The van der Waals surface area contributed by atoms with Gasteiger partial charge in [-0.2, -0.15) is 0 Å². The zero-order chi connectivity index (χ0) is 15.7. The van der Waals surface area contributed by atoms with Crippen molar-refractivity contribution in [2.24, 2.45) is 0 Å². The smallest absolute Gasteiger partial charge is 0.254 e. The zero-order valence-electron chi connectivity index (χ0n) is 12.1. The van der Waals surface area contributed by atoms with Crippen LogP contribution in [0.15, 0.2) is 23.6 Å². The van der Waals surface area contributed by atoms with E-state index in [2.05, 4.69) is 9.88 Å². The minimum Gasteiger partial charge on any atom is -0.345 e. The number of rotatable bonds is 2. The van der Waals surface area contributed by atoms with Crippen LogP contribution < -0.4 is 4.90 Å². The summed E-state index contributed by atoms with van der Waals surface area (Å²) in [6.07, 6.45) is 0. The molecular formula is C15H15F2N3OS. The van der Waals surface area contributed by atoms with Gasteiger partial charge in [-0.1, -0.05) is 0 Å². The lowest BCUT2D eigenvalue weighted by atomic mass is 10.1. The SMILES string of the molecule is Cc1csc(N2CCN(C(=O)c3ccc(F)c(F)c3)CC2)n1. The molecule has 0 N–H and O–H groups in total. The summed E-state index contributed by atoms with van der Waals surface area (Å²) in [4.78, 5) is 20.5. The van der Waals surface area contributed by atoms with Crippen LogP contribution in [0.4, 0.5) is 13.9 Å². The second kappa shape index (κ2) is 6.00. The molecule has 1 fully saturated rings. The lowest BCUT2D eigenvalue weighted by Crippen LogP contribution is -2.48. The third kappa shape index (κ3) is 2.94. The Kier molecular flexibility index (Phi) is 4.06. The number of nitrogens with zero attached hydrogens (tertiary/aromatic N) is 3. The van der Waals surface area contributed by atoms with Gasteiger partial charge in [0.1, 0.15) is 0 Å². The molecule has 2 aromatic rings. The van der Waals surface area contributed by atoms with E-state index >= 15 is 0 Å². The average Bonchev–Trinajstić information content (AvgIpc) is 2.96. The lowest BCUT2D eigenvalue weighted by molar-refractivity contribution is 0.0746. The van der Waals surface area contributed by atoms with Crippen molar-refractivity contribution in [3.05, 3.63) is 46.5 Å². The molecule has 0 saturated carbocycles. The molecule has 1 aliphatic rings. The van der Waals surface area contributed by atoms with Crippen molar-refractivity contribution in [3.63, 3.8) is 0 Å². The fourth-order valence-corrected chi connectivity index (χ4v) is 3.26. The molecule has 7 heteroatoms. The van der Waals surface area contributed by atoms with E-state index in [4.69, 9.17) is 0 Å². The number of thiazole rings is 1. The number of anilines is 1. The third-order valence-electron chi connectivity index (χ3n) is 3.61. The molecule has 0 atom stereocenters. The van der Waals surface area contributed by atoms with Crippen molar-refractivity contribution >= 4 is 22.4 Å². The molecule has 3 rings (SSSR count). The molecule has 0 bridgehead atoms. The first-order valence-corrected chi connectivity index (χ1v) is 7.84. The maximum Gasteiger partial charge on any atom is 0.254 e. The number of benzene rings is 1. The van der Waals surface area contributed by atoms with Crippen molar-refractivity contribution < 1.29 is 13.6 Å². The molecule has 0 spiro atoms. The second-order valence-corrected chi connectivity index (χ2v) is 6.02. The van der Waals surface area contributed by atoms with Gasteiger partial charge in [0.2, 0.25) is 0 Å². The van der Waals surface area contributed by atoms with Crippen LogP contribution in [-0.2, 0) is 0 Å². The molecule has 22 heavy (non-hydrogen) atoms. The Hall–Kier alpha value is -2.02. The average molecular weight is 323 g/mol. The number of carbonyl (C=O) groups excluding carboxylic acids is 1. The number of piperazine rings is 1. The first kappa shape index (κ1) is 14.9. The van der Waals surface area contributed by atoms with Gasteiger partial charge in [-0.3, -0.25) is 4.79 Å². The first-order valence-electron chi connectivity index (χ1n) is 6.96. The van der Waals surface area contributed by atoms with E-state index in [0.717, 1.165) is 23.0 Å². The molecular weight excluding hydrogens is 308 g/mol. The molecule has 1 aromatic carbocycles. The third-order valence-corrected chi connectivity index (χ3v) is 4.63. The summed E-state index contributed by atoms with van der Waals surface area (Å²) in [6.45, 7) is 4.39. The fourth-order valence-electron chi connectivity index (χ4n) is 2.40. The number of halogens is 2. The monoisotopic (exact) mass is 323 g/mol. The Morgan fingerprint density at radius 3 is 2.50 bits per heavy atom. The molecule has 4 nitrogen and oxygen atoms in total. The summed E-state index contributed by atoms with van der Waals surface area (Å²) in [5, 5.41) is 2.95. The van der Waals surface area contributed by atoms with Crippen LogP contribution in [0.25, 0.3) is 0 Å². The van der Waals surface area contributed by atoms with Crippen molar-refractivity contribution in [3.8, 4) is 0 Å². The van der Waals surface area contributed by atoms with E-state index in [1.807, 2.05) is 12.3 Å². The highest BCUT2D eigenvalue weighted by Crippen LogP contribution is 2.22. The summed E-state index contributed by atoms with van der Waals surface area (Å²) in [7, 11) is 0. The van der Waals surface area contributed by atoms with Crippen molar-refractivity contribution in [2.45, 2.75) is 6.92 Å². The predicted octanol–water partition coefficient (Wildman–Crippen LogP) is 2.69. The normalized spacial score (nSPS) is 15.2. The van der Waals surface area contributed by atoms with Crippen LogP contribution in [0.5, 0.6) is 0 Å². The number of hydrogen-bond donors (Lipinski definition) is 0. The largest absolute Gasteiger partial charge is 0.345 e. The summed E-state index contributed by atoms with van der Waals surface area (Å²) in [6, 6.07) is 3.25. The quantitative estimate of drug-likeness (QED) is 0.852. The van der Waals surface area contributed by atoms with Gasteiger partial charge in [-0.05, 0) is 25.1 Å². The summed E-state index contributed by atoms with van der Waals surface area (Å²) < 4.78 is 26.2. The van der Waals surface area contributed by atoms with Gasteiger partial charge in [0.15, 0.2) is 16.8 Å². The molecule has 1 saturated heterocycles. The molecule has 0 radical (unpaired) electrons. The second-order valence-electron chi connectivity index (χ2n) is 5.18. The van der Waals surface area contributed by atoms with Gasteiger partial charge >= 0.3 is 0 Å². The molecule has 2 heterocycles. The van der Waals surface area contributed by atoms with Gasteiger partial charge < -0.3 is 9.80 Å².